The summed E-state index contributed by atoms with van der Waals surface area (Å²) in [6.07, 6.45) is 3.98. The van der Waals surface area contributed by atoms with E-state index in [0.717, 1.165) is 43.5 Å². The van der Waals surface area contributed by atoms with Crippen molar-refractivity contribution in [3.63, 3.8) is 0 Å². The molecule has 0 bridgehead atoms. The molecule has 6 nitrogen and oxygen atoms in total. The fourth-order valence-corrected chi connectivity index (χ4v) is 3.72. The molecule has 1 aliphatic heterocycles. The maximum atomic E-state index is 6.05. The second kappa shape index (κ2) is 10.3. The number of hydrogen-bond acceptors (Lipinski definition) is 4. The topological polar surface area (TPSA) is 61.8 Å². The number of guanidine groups is 1. The van der Waals surface area contributed by atoms with E-state index in [-0.39, 0.29) is 5.41 Å². The van der Waals surface area contributed by atoms with Gasteiger partial charge in [-0.2, -0.15) is 0 Å². The molecule has 0 saturated carbocycles. The van der Waals surface area contributed by atoms with E-state index in [1.54, 1.807) is 0 Å². The molecule has 1 aliphatic rings. The third-order valence-electron chi connectivity index (χ3n) is 5.38. The molecule has 0 atom stereocenters. The van der Waals surface area contributed by atoms with Gasteiger partial charge in [-0.3, -0.25) is 4.99 Å². The highest BCUT2D eigenvalue weighted by molar-refractivity contribution is 5.80. The number of anilines is 1. The molecule has 162 valence electrons. The van der Waals surface area contributed by atoms with Crippen molar-refractivity contribution in [1.82, 2.24) is 15.6 Å². The minimum atomic E-state index is 0.0613. The summed E-state index contributed by atoms with van der Waals surface area (Å²) < 4.78 is 6.05. The highest BCUT2D eigenvalue weighted by Gasteiger charge is 2.21. The van der Waals surface area contributed by atoms with Gasteiger partial charge in [0.2, 0.25) is 0 Å². The molecule has 0 aliphatic carbocycles. The van der Waals surface area contributed by atoms with Crippen LogP contribution in [0.3, 0.4) is 0 Å². The van der Waals surface area contributed by atoms with E-state index in [0.29, 0.717) is 19.2 Å². The molecule has 1 aromatic heterocycles. The van der Waals surface area contributed by atoms with Crippen LogP contribution in [0.2, 0.25) is 0 Å². The Bertz CT molecular complexity index is 808. The number of aliphatic imine (C=N–C) groups is 1. The lowest BCUT2D eigenvalue weighted by Gasteiger charge is -2.33. The molecule has 0 unspecified atom stereocenters. The highest BCUT2D eigenvalue weighted by atomic mass is 16.5. The van der Waals surface area contributed by atoms with Crippen LogP contribution < -0.4 is 20.3 Å². The predicted octanol–water partition coefficient (Wildman–Crippen LogP) is 3.59. The summed E-state index contributed by atoms with van der Waals surface area (Å²) in [5.74, 6) is 2.85. The molecular formula is C24H35N5O. The Balaban J connectivity index is 1.41. The van der Waals surface area contributed by atoms with Crippen molar-refractivity contribution in [1.29, 1.82) is 0 Å². The van der Waals surface area contributed by atoms with Crippen LogP contribution in [0.25, 0.3) is 0 Å². The zero-order chi connectivity index (χ0) is 21.4. The number of nitrogens with one attached hydrogen (secondary N) is 2. The summed E-state index contributed by atoms with van der Waals surface area (Å²) >= 11 is 0. The number of piperidine rings is 1. The second-order valence-corrected chi connectivity index (χ2v) is 8.69. The molecule has 0 amide bonds. The molecule has 3 rings (SSSR count). The van der Waals surface area contributed by atoms with Crippen LogP contribution in [0.5, 0.6) is 5.75 Å². The van der Waals surface area contributed by atoms with Gasteiger partial charge in [-0.25, -0.2) is 4.98 Å². The Hall–Kier alpha value is -2.76. The quantitative estimate of drug-likeness (QED) is 0.434. The van der Waals surface area contributed by atoms with E-state index in [4.69, 9.17) is 4.74 Å². The van der Waals surface area contributed by atoms with Crippen LogP contribution in [0.15, 0.2) is 53.7 Å². The summed E-state index contributed by atoms with van der Waals surface area (Å²) in [6.45, 7) is 9.91. The van der Waals surface area contributed by atoms with Gasteiger partial charge in [0.05, 0.1) is 6.54 Å². The number of nitrogens with zero attached hydrogens (tertiary/aromatic N) is 3. The lowest BCUT2D eigenvalue weighted by atomic mass is 9.86. The number of para-hydroxylation sites is 1. The number of ether oxygens (including phenoxy) is 1. The smallest absolute Gasteiger partial charge is 0.191 e. The van der Waals surface area contributed by atoms with Crippen molar-refractivity contribution >= 4 is 11.8 Å². The van der Waals surface area contributed by atoms with Gasteiger partial charge < -0.3 is 20.3 Å². The Morgan fingerprint density at radius 1 is 1.13 bits per heavy atom. The summed E-state index contributed by atoms with van der Waals surface area (Å²) in [4.78, 5) is 11.2. The van der Waals surface area contributed by atoms with Crippen LogP contribution in [-0.4, -0.2) is 50.3 Å². The highest BCUT2D eigenvalue weighted by Crippen LogP contribution is 2.30. The molecule has 2 heterocycles. The fourth-order valence-electron chi connectivity index (χ4n) is 3.72. The van der Waals surface area contributed by atoms with Crippen molar-refractivity contribution < 1.29 is 4.74 Å². The van der Waals surface area contributed by atoms with E-state index in [9.17, 15) is 0 Å². The molecular weight excluding hydrogens is 374 g/mol. The second-order valence-electron chi connectivity index (χ2n) is 8.69. The van der Waals surface area contributed by atoms with Crippen molar-refractivity contribution in [2.45, 2.75) is 45.1 Å². The van der Waals surface area contributed by atoms with Crippen molar-refractivity contribution in [3.8, 4) is 5.75 Å². The van der Waals surface area contributed by atoms with E-state index < -0.39 is 0 Å². The van der Waals surface area contributed by atoms with E-state index in [2.05, 4.69) is 64.5 Å². The first kappa shape index (κ1) is 21.9. The first-order chi connectivity index (χ1) is 14.5. The lowest BCUT2D eigenvalue weighted by Crippen LogP contribution is -2.49. The van der Waals surface area contributed by atoms with Gasteiger partial charge in [0.25, 0.3) is 0 Å². The largest absolute Gasteiger partial charge is 0.491 e. The average Bonchev–Trinajstić information content (AvgIpc) is 2.76. The fraction of sp³-hybridized carbons (Fsp3) is 0.500. The third-order valence-corrected chi connectivity index (χ3v) is 5.38. The first-order valence-corrected chi connectivity index (χ1v) is 10.8. The first-order valence-electron chi connectivity index (χ1n) is 10.8. The molecule has 0 radical (unpaired) electrons. The molecule has 2 aromatic rings. The SMILES string of the molecule is CN=C(NCCOc1ccccc1C(C)(C)C)NC1CCN(c2ccccn2)CC1. The number of aromatic nitrogens is 1. The number of benzene rings is 1. The van der Waals surface area contributed by atoms with Crippen LogP contribution in [0.1, 0.15) is 39.2 Å². The summed E-state index contributed by atoms with van der Waals surface area (Å²) in [6, 6.07) is 14.8. The van der Waals surface area contributed by atoms with E-state index >= 15 is 0 Å². The molecule has 0 spiro atoms. The molecule has 30 heavy (non-hydrogen) atoms. The molecule has 1 aromatic carbocycles. The lowest BCUT2D eigenvalue weighted by molar-refractivity contribution is 0.312. The van der Waals surface area contributed by atoms with Gasteiger partial charge in [-0.15, -0.1) is 0 Å². The zero-order valence-electron chi connectivity index (χ0n) is 18.7. The van der Waals surface area contributed by atoms with Gasteiger partial charge in [-0.1, -0.05) is 45.0 Å². The van der Waals surface area contributed by atoms with Crippen LogP contribution in [0.4, 0.5) is 5.82 Å². The third kappa shape index (κ3) is 6.12. The van der Waals surface area contributed by atoms with Crippen LogP contribution in [0, 0.1) is 0 Å². The average molecular weight is 410 g/mol. The van der Waals surface area contributed by atoms with Crippen LogP contribution >= 0.6 is 0 Å². The minimum absolute atomic E-state index is 0.0613. The van der Waals surface area contributed by atoms with Gasteiger partial charge in [-0.05, 0) is 42.0 Å². The van der Waals surface area contributed by atoms with Crippen molar-refractivity contribution in [2.24, 2.45) is 4.99 Å². The standard InChI is InChI=1S/C24H35N5O/c1-24(2,3)20-9-5-6-10-21(20)30-18-15-27-23(25-4)28-19-12-16-29(17-13-19)22-11-7-8-14-26-22/h5-11,14,19H,12-13,15-18H2,1-4H3,(H2,25,27,28). The summed E-state index contributed by atoms with van der Waals surface area (Å²) in [5.41, 5.74) is 1.29. The monoisotopic (exact) mass is 409 g/mol. The Labute approximate surface area is 180 Å². The molecule has 1 fully saturated rings. The minimum Gasteiger partial charge on any atom is -0.491 e. The Morgan fingerprint density at radius 3 is 2.53 bits per heavy atom. The van der Waals surface area contributed by atoms with Crippen LogP contribution in [-0.2, 0) is 5.41 Å². The van der Waals surface area contributed by atoms with Gasteiger partial charge in [0.15, 0.2) is 5.96 Å². The van der Waals surface area contributed by atoms with Gasteiger partial charge >= 0.3 is 0 Å². The summed E-state index contributed by atoms with van der Waals surface area (Å²) in [7, 11) is 1.81. The zero-order valence-corrected chi connectivity index (χ0v) is 18.7. The maximum absolute atomic E-state index is 6.05. The number of pyridine rings is 1. The molecule has 1 saturated heterocycles. The van der Waals surface area contributed by atoms with Crippen molar-refractivity contribution in [2.75, 3.05) is 38.2 Å². The number of hydrogen-bond donors (Lipinski definition) is 2. The predicted molar refractivity (Wildman–Crippen MR) is 125 cm³/mol. The molecule has 6 heteroatoms. The Morgan fingerprint density at radius 2 is 1.87 bits per heavy atom. The normalized spacial score (nSPS) is 15.7. The summed E-state index contributed by atoms with van der Waals surface area (Å²) in [5, 5.41) is 6.92. The molecule has 2 N–H and O–H groups in total. The van der Waals surface area contributed by atoms with E-state index in [1.165, 1.54) is 5.56 Å². The maximum Gasteiger partial charge on any atom is 0.191 e. The van der Waals surface area contributed by atoms with Gasteiger partial charge in [0, 0.05) is 32.4 Å². The van der Waals surface area contributed by atoms with Gasteiger partial charge in [0.1, 0.15) is 18.2 Å². The van der Waals surface area contributed by atoms with E-state index in [1.807, 2.05) is 37.5 Å². The number of rotatable bonds is 6. The van der Waals surface area contributed by atoms with Crippen molar-refractivity contribution in [3.05, 3.63) is 54.2 Å². The Kier molecular flexibility index (Phi) is 7.55.